The number of benzene rings is 1. The Balaban J connectivity index is 1.48. The number of aromatic nitrogens is 5. The molecule has 0 N–H and O–H groups in total. The third-order valence-electron chi connectivity index (χ3n) is 5.12. The molecule has 12 heteroatoms. The second kappa shape index (κ2) is 7.48. The van der Waals surface area contributed by atoms with Gasteiger partial charge in [-0.3, -0.25) is 9.78 Å². The number of hydrogen-bond donors (Lipinski definition) is 0. The van der Waals surface area contributed by atoms with Crippen molar-refractivity contribution in [2.75, 3.05) is 6.61 Å². The second-order valence-corrected chi connectivity index (χ2v) is 9.09. The highest BCUT2D eigenvalue weighted by Gasteiger charge is 2.22. The van der Waals surface area contributed by atoms with E-state index < -0.39 is 21.9 Å². The fraction of sp³-hybridized carbons (Fsp3) is 0.200. The van der Waals surface area contributed by atoms with E-state index in [0.717, 1.165) is 23.8 Å². The topological polar surface area (TPSA) is 109 Å². The lowest BCUT2D eigenvalue weighted by atomic mass is 10.2. The molecule has 0 spiro atoms. The Bertz CT molecular complexity index is 1510. The summed E-state index contributed by atoms with van der Waals surface area (Å²) < 4.78 is 58.0. The lowest BCUT2D eigenvalue weighted by Crippen LogP contribution is -2.24. The quantitative estimate of drug-likeness (QED) is 0.450. The van der Waals surface area contributed by atoms with Crippen molar-refractivity contribution in [1.82, 2.24) is 24.5 Å². The molecule has 0 fully saturated rings. The summed E-state index contributed by atoms with van der Waals surface area (Å²) in [6.07, 6.45) is 3.71. The summed E-state index contributed by atoms with van der Waals surface area (Å²) in [6.45, 7) is -2.23. The number of rotatable bonds is 5. The van der Waals surface area contributed by atoms with Crippen molar-refractivity contribution in [1.29, 1.82) is 0 Å². The molecule has 0 atom stereocenters. The average molecular weight is 459 g/mol. The van der Waals surface area contributed by atoms with Gasteiger partial charge < -0.3 is 4.74 Å². The van der Waals surface area contributed by atoms with Crippen molar-refractivity contribution < 1.29 is 21.9 Å². The van der Waals surface area contributed by atoms with Gasteiger partial charge >= 0.3 is 6.55 Å². The summed E-state index contributed by atoms with van der Waals surface area (Å²) in [7, 11) is -4.10. The van der Waals surface area contributed by atoms with Crippen LogP contribution in [-0.2, 0) is 22.8 Å². The van der Waals surface area contributed by atoms with Gasteiger partial charge in [0.1, 0.15) is 10.6 Å². The first-order valence-corrected chi connectivity index (χ1v) is 11.0. The molecule has 32 heavy (non-hydrogen) atoms. The molecule has 0 bridgehead atoms. The van der Waals surface area contributed by atoms with Crippen LogP contribution in [-0.4, -0.2) is 39.6 Å². The van der Waals surface area contributed by atoms with Crippen LogP contribution in [0, 0.1) is 0 Å². The minimum atomic E-state index is -4.10. The van der Waals surface area contributed by atoms with E-state index in [-0.39, 0.29) is 26.4 Å². The molecule has 1 aromatic carbocycles. The highest BCUT2D eigenvalue weighted by Crippen LogP contribution is 2.25. The molecule has 3 aromatic heterocycles. The maximum Gasteiger partial charge on any atom is 0.333 e. The zero-order valence-corrected chi connectivity index (χ0v) is 17.2. The van der Waals surface area contributed by atoms with Gasteiger partial charge in [0.05, 0.1) is 47.2 Å². The molecule has 0 unspecified atom stereocenters. The van der Waals surface area contributed by atoms with Crippen LogP contribution >= 0.6 is 0 Å². The van der Waals surface area contributed by atoms with E-state index in [2.05, 4.69) is 15.2 Å². The second-order valence-electron chi connectivity index (χ2n) is 7.14. The predicted octanol–water partition coefficient (Wildman–Crippen LogP) is 2.20. The van der Waals surface area contributed by atoms with Crippen molar-refractivity contribution in [3.05, 3.63) is 70.7 Å². The van der Waals surface area contributed by atoms with Gasteiger partial charge in [-0.05, 0) is 30.3 Å². The van der Waals surface area contributed by atoms with Crippen molar-refractivity contribution in [2.24, 2.45) is 0 Å². The number of nitrogens with zero attached hydrogens (tertiary/aromatic N) is 5. The molecule has 0 aliphatic carbocycles. The van der Waals surface area contributed by atoms with E-state index in [0.29, 0.717) is 24.1 Å². The Morgan fingerprint density at radius 3 is 2.72 bits per heavy atom. The summed E-state index contributed by atoms with van der Waals surface area (Å²) in [5, 5.41) is 8.09. The molecule has 164 valence electrons. The van der Waals surface area contributed by atoms with Crippen LogP contribution in [0.15, 0.2) is 63.5 Å². The van der Waals surface area contributed by atoms with E-state index in [9.17, 15) is 22.0 Å². The number of pyridine rings is 1. The Labute approximate surface area is 179 Å². The molecule has 1 aliphatic rings. The van der Waals surface area contributed by atoms with E-state index in [1.54, 1.807) is 6.07 Å². The van der Waals surface area contributed by atoms with Gasteiger partial charge in [-0.2, -0.15) is 19.0 Å². The smallest absolute Gasteiger partial charge is 0.333 e. The maximum atomic E-state index is 12.9. The number of fused-ring (bicyclic) bond motifs is 2. The van der Waals surface area contributed by atoms with Crippen molar-refractivity contribution in [2.45, 2.75) is 29.3 Å². The SMILES string of the molecule is O=c1c2ccc(S(=O)(=O)c3cnn(C(F)F)c3)cc2cnn1Cc1ccc2c(n1)CCO2. The normalized spacial score (nSPS) is 13.5. The molecule has 0 amide bonds. The molecule has 9 nitrogen and oxygen atoms in total. The molecule has 4 heterocycles. The third kappa shape index (κ3) is 3.42. The van der Waals surface area contributed by atoms with Crippen LogP contribution in [0.25, 0.3) is 10.8 Å². The van der Waals surface area contributed by atoms with Crippen molar-refractivity contribution >= 4 is 20.6 Å². The van der Waals surface area contributed by atoms with Gasteiger partial charge in [-0.15, -0.1) is 0 Å². The summed E-state index contributed by atoms with van der Waals surface area (Å²) in [4.78, 5) is 16.9. The minimum absolute atomic E-state index is 0.148. The van der Waals surface area contributed by atoms with E-state index >= 15 is 0 Å². The summed E-state index contributed by atoms with van der Waals surface area (Å²) >= 11 is 0. The van der Waals surface area contributed by atoms with Crippen LogP contribution in [0.2, 0.25) is 0 Å². The first-order valence-electron chi connectivity index (χ1n) is 9.52. The molecule has 0 saturated heterocycles. The zero-order valence-electron chi connectivity index (χ0n) is 16.4. The Kier molecular flexibility index (Phi) is 4.73. The number of sulfone groups is 1. The van der Waals surface area contributed by atoms with E-state index in [4.69, 9.17) is 4.74 Å². The molecule has 1 aliphatic heterocycles. The zero-order chi connectivity index (χ0) is 22.5. The highest BCUT2D eigenvalue weighted by molar-refractivity contribution is 7.91. The van der Waals surface area contributed by atoms with Crippen LogP contribution < -0.4 is 10.3 Å². The van der Waals surface area contributed by atoms with Gasteiger partial charge in [0.15, 0.2) is 0 Å². The summed E-state index contributed by atoms with van der Waals surface area (Å²) in [6, 6.07) is 7.49. The Hall–Kier alpha value is -3.67. The molecular weight excluding hydrogens is 444 g/mol. The molecule has 0 radical (unpaired) electrons. The van der Waals surface area contributed by atoms with Gasteiger partial charge in [-0.25, -0.2) is 17.8 Å². The third-order valence-corrected chi connectivity index (χ3v) is 6.83. The Morgan fingerprint density at radius 1 is 1.09 bits per heavy atom. The van der Waals surface area contributed by atoms with Crippen LogP contribution in [0.3, 0.4) is 0 Å². The van der Waals surface area contributed by atoms with E-state index in [1.165, 1.54) is 29.1 Å². The fourth-order valence-corrected chi connectivity index (χ4v) is 4.73. The van der Waals surface area contributed by atoms with Gasteiger partial charge in [-0.1, -0.05) is 0 Å². The maximum absolute atomic E-state index is 12.9. The van der Waals surface area contributed by atoms with Crippen molar-refractivity contribution in [3.63, 3.8) is 0 Å². The molecule has 4 aromatic rings. The highest BCUT2D eigenvalue weighted by atomic mass is 32.2. The lowest BCUT2D eigenvalue weighted by Gasteiger charge is -2.08. The van der Waals surface area contributed by atoms with Crippen LogP contribution in [0.5, 0.6) is 5.75 Å². The van der Waals surface area contributed by atoms with Crippen molar-refractivity contribution in [3.8, 4) is 5.75 Å². The van der Waals surface area contributed by atoms with Crippen LogP contribution in [0.1, 0.15) is 17.9 Å². The molecule has 0 saturated carbocycles. The van der Waals surface area contributed by atoms with Crippen LogP contribution in [0.4, 0.5) is 8.78 Å². The van der Waals surface area contributed by atoms with Gasteiger partial charge in [0, 0.05) is 18.0 Å². The number of alkyl halides is 2. The number of ether oxygens (including phenoxy) is 1. The fourth-order valence-electron chi connectivity index (χ4n) is 3.49. The standard InChI is InChI=1S/C20H15F2N5O4S/c21-20(22)27-11-15(9-24-27)32(29,30)14-2-3-16-12(7-14)8-23-26(19(16)28)10-13-1-4-18-17(25-13)5-6-31-18/h1-4,7-9,11,20H,5-6,10H2. The monoisotopic (exact) mass is 459 g/mol. The lowest BCUT2D eigenvalue weighted by molar-refractivity contribution is 0.0564. The first-order chi connectivity index (χ1) is 15.3. The molecule has 5 rings (SSSR count). The average Bonchev–Trinajstić information content (AvgIpc) is 3.45. The summed E-state index contributed by atoms with van der Waals surface area (Å²) in [5.74, 6) is 0.736. The van der Waals surface area contributed by atoms with E-state index in [1.807, 2.05) is 6.07 Å². The Morgan fingerprint density at radius 2 is 1.94 bits per heavy atom. The first kappa shape index (κ1) is 20.2. The minimum Gasteiger partial charge on any atom is -0.491 e. The number of hydrogen-bond acceptors (Lipinski definition) is 7. The van der Waals surface area contributed by atoms with Gasteiger partial charge in [0.25, 0.3) is 5.56 Å². The number of halogens is 2. The summed E-state index contributed by atoms with van der Waals surface area (Å²) in [5.41, 5.74) is 1.08. The largest absolute Gasteiger partial charge is 0.491 e. The molecular formula is C20H15F2N5O4S. The predicted molar refractivity (Wildman–Crippen MR) is 107 cm³/mol. The van der Waals surface area contributed by atoms with Gasteiger partial charge in [0.2, 0.25) is 9.84 Å².